The second kappa shape index (κ2) is 6.23. The molecule has 5 heteroatoms. The number of hydrogen-bond acceptors (Lipinski definition) is 4. The van der Waals surface area contributed by atoms with Gasteiger partial charge in [-0.25, -0.2) is 0 Å². The highest BCUT2D eigenvalue weighted by Crippen LogP contribution is 2.28. The summed E-state index contributed by atoms with van der Waals surface area (Å²) >= 11 is 0. The number of carbonyl (C=O) groups is 1. The van der Waals surface area contributed by atoms with E-state index in [0.717, 1.165) is 25.1 Å². The second-order valence-corrected chi connectivity index (χ2v) is 7.14. The number of nitrogens with zero attached hydrogens (tertiary/aromatic N) is 2. The number of aliphatic hydroxyl groups is 2. The van der Waals surface area contributed by atoms with Crippen LogP contribution in [-0.2, 0) is 11.2 Å². The van der Waals surface area contributed by atoms with Crippen molar-refractivity contribution in [2.45, 2.75) is 44.8 Å². The van der Waals surface area contributed by atoms with E-state index >= 15 is 0 Å². The number of hydrogen-bond donors (Lipinski definition) is 2. The number of carbonyl (C=O) groups excluding carboxylic acids is 1. The van der Waals surface area contributed by atoms with E-state index in [1.165, 1.54) is 11.1 Å². The predicted octanol–water partition coefficient (Wildman–Crippen LogP) is 1.09. The van der Waals surface area contributed by atoms with E-state index in [2.05, 4.69) is 13.0 Å². The Balaban J connectivity index is 1.68. The SMILES string of the molecule is Cc1ccc2c(c1)CCCN2C(=O)CN1CC[C@@](C)(O)[C@H](O)C1. The van der Waals surface area contributed by atoms with Crippen LogP contribution in [0.25, 0.3) is 0 Å². The quantitative estimate of drug-likeness (QED) is 0.857. The fraction of sp³-hybridized carbons (Fsp3) is 0.611. The number of β-amino-alcohol motifs (C(OH)–C–C–N with tert-alkyl or cyclic N) is 1. The van der Waals surface area contributed by atoms with Gasteiger partial charge in [-0.15, -0.1) is 0 Å². The largest absolute Gasteiger partial charge is 0.389 e. The van der Waals surface area contributed by atoms with Crippen LogP contribution in [-0.4, -0.2) is 58.9 Å². The Morgan fingerprint density at radius 3 is 2.91 bits per heavy atom. The molecule has 1 aromatic carbocycles. The Morgan fingerprint density at radius 1 is 1.39 bits per heavy atom. The molecule has 2 atom stereocenters. The first-order chi connectivity index (χ1) is 10.9. The molecule has 5 nitrogen and oxygen atoms in total. The topological polar surface area (TPSA) is 64.0 Å². The van der Waals surface area contributed by atoms with Crippen molar-refractivity contribution in [1.82, 2.24) is 4.90 Å². The highest BCUT2D eigenvalue weighted by molar-refractivity contribution is 5.96. The van der Waals surface area contributed by atoms with Crippen LogP contribution < -0.4 is 4.90 Å². The molecule has 0 unspecified atom stereocenters. The molecular weight excluding hydrogens is 292 g/mol. The summed E-state index contributed by atoms with van der Waals surface area (Å²) in [7, 11) is 0. The summed E-state index contributed by atoms with van der Waals surface area (Å²) in [5.74, 6) is 0.0727. The number of anilines is 1. The molecule has 2 aliphatic rings. The van der Waals surface area contributed by atoms with Gasteiger partial charge in [-0.3, -0.25) is 9.69 Å². The Kier molecular flexibility index (Phi) is 4.45. The summed E-state index contributed by atoms with van der Waals surface area (Å²) in [6.45, 7) is 5.74. The van der Waals surface area contributed by atoms with Gasteiger partial charge in [-0.2, -0.15) is 0 Å². The lowest BCUT2D eigenvalue weighted by Crippen LogP contribution is -2.55. The van der Waals surface area contributed by atoms with Gasteiger partial charge in [0.05, 0.1) is 18.2 Å². The van der Waals surface area contributed by atoms with Crippen LogP contribution in [0.1, 0.15) is 30.9 Å². The third-order valence-corrected chi connectivity index (χ3v) is 5.10. The van der Waals surface area contributed by atoms with E-state index < -0.39 is 11.7 Å². The molecule has 0 radical (unpaired) electrons. The van der Waals surface area contributed by atoms with Crippen LogP contribution >= 0.6 is 0 Å². The maximum Gasteiger partial charge on any atom is 0.241 e. The van der Waals surface area contributed by atoms with E-state index in [-0.39, 0.29) is 5.91 Å². The highest BCUT2D eigenvalue weighted by atomic mass is 16.3. The van der Waals surface area contributed by atoms with E-state index in [4.69, 9.17) is 0 Å². The molecule has 1 saturated heterocycles. The molecule has 0 spiro atoms. The molecule has 0 saturated carbocycles. The lowest BCUT2D eigenvalue weighted by Gasteiger charge is -2.40. The molecule has 3 rings (SSSR count). The minimum Gasteiger partial charge on any atom is -0.389 e. The van der Waals surface area contributed by atoms with E-state index in [0.29, 0.717) is 26.1 Å². The van der Waals surface area contributed by atoms with Crippen molar-refractivity contribution >= 4 is 11.6 Å². The van der Waals surface area contributed by atoms with Crippen molar-refractivity contribution in [3.05, 3.63) is 29.3 Å². The van der Waals surface area contributed by atoms with Gasteiger partial charge in [-0.05, 0) is 44.7 Å². The number of benzene rings is 1. The summed E-state index contributed by atoms with van der Waals surface area (Å²) in [5, 5.41) is 20.0. The van der Waals surface area contributed by atoms with Crippen LogP contribution in [0, 0.1) is 6.92 Å². The van der Waals surface area contributed by atoms with Gasteiger partial charge in [-0.1, -0.05) is 17.7 Å². The normalized spacial score (nSPS) is 28.5. The zero-order valence-corrected chi connectivity index (χ0v) is 14.0. The Morgan fingerprint density at radius 2 is 2.17 bits per heavy atom. The number of rotatable bonds is 2. The molecule has 1 aromatic rings. The van der Waals surface area contributed by atoms with Gasteiger partial charge in [0.25, 0.3) is 0 Å². The van der Waals surface area contributed by atoms with Crippen LogP contribution in [0.15, 0.2) is 18.2 Å². The van der Waals surface area contributed by atoms with Gasteiger partial charge < -0.3 is 15.1 Å². The van der Waals surface area contributed by atoms with Crippen molar-refractivity contribution in [1.29, 1.82) is 0 Å². The Bertz CT molecular complexity index is 600. The smallest absolute Gasteiger partial charge is 0.241 e. The molecule has 1 amide bonds. The fourth-order valence-corrected chi connectivity index (χ4v) is 3.49. The van der Waals surface area contributed by atoms with E-state index in [1.807, 2.05) is 21.9 Å². The van der Waals surface area contributed by atoms with Crippen molar-refractivity contribution in [3.8, 4) is 0 Å². The third-order valence-electron chi connectivity index (χ3n) is 5.10. The molecule has 0 aliphatic carbocycles. The monoisotopic (exact) mass is 318 g/mol. The number of fused-ring (bicyclic) bond motifs is 1. The molecule has 23 heavy (non-hydrogen) atoms. The average Bonchev–Trinajstić information content (AvgIpc) is 2.50. The number of aliphatic hydroxyl groups excluding tert-OH is 1. The molecule has 0 bridgehead atoms. The highest BCUT2D eigenvalue weighted by Gasteiger charge is 2.37. The first-order valence-electron chi connectivity index (χ1n) is 8.39. The lowest BCUT2D eigenvalue weighted by atomic mass is 9.91. The Labute approximate surface area is 137 Å². The van der Waals surface area contributed by atoms with Crippen molar-refractivity contribution < 1.29 is 15.0 Å². The van der Waals surface area contributed by atoms with Gasteiger partial charge in [0.15, 0.2) is 0 Å². The van der Waals surface area contributed by atoms with Crippen LogP contribution in [0.2, 0.25) is 0 Å². The van der Waals surface area contributed by atoms with Crippen LogP contribution in [0.4, 0.5) is 5.69 Å². The van der Waals surface area contributed by atoms with E-state index in [9.17, 15) is 15.0 Å². The predicted molar refractivity (Wildman–Crippen MR) is 89.5 cm³/mol. The third kappa shape index (κ3) is 3.42. The summed E-state index contributed by atoms with van der Waals surface area (Å²) in [6, 6.07) is 6.25. The molecule has 0 aromatic heterocycles. The van der Waals surface area contributed by atoms with Gasteiger partial charge in [0.2, 0.25) is 5.91 Å². The lowest BCUT2D eigenvalue weighted by molar-refractivity contribution is -0.127. The maximum atomic E-state index is 12.7. The minimum absolute atomic E-state index is 0.0727. The minimum atomic E-state index is -1.05. The number of aryl methyl sites for hydroxylation is 2. The van der Waals surface area contributed by atoms with Crippen molar-refractivity contribution in [2.24, 2.45) is 0 Å². The van der Waals surface area contributed by atoms with Crippen LogP contribution in [0.5, 0.6) is 0 Å². The molecular formula is C18H26N2O3. The summed E-state index contributed by atoms with van der Waals surface area (Å²) < 4.78 is 0. The first-order valence-corrected chi connectivity index (χ1v) is 8.39. The summed E-state index contributed by atoms with van der Waals surface area (Å²) in [6.07, 6.45) is 1.68. The summed E-state index contributed by atoms with van der Waals surface area (Å²) in [4.78, 5) is 16.5. The number of amides is 1. The Hall–Kier alpha value is -1.43. The second-order valence-electron chi connectivity index (χ2n) is 7.14. The molecule has 126 valence electrons. The fourth-order valence-electron chi connectivity index (χ4n) is 3.49. The maximum absolute atomic E-state index is 12.7. The van der Waals surface area contributed by atoms with Crippen molar-refractivity contribution in [2.75, 3.05) is 31.1 Å². The number of piperidine rings is 1. The molecule has 1 fully saturated rings. The molecule has 2 aliphatic heterocycles. The van der Waals surface area contributed by atoms with Gasteiger partial charge >= 0.3 is 0 Å². The molecule has 2 N–H and O–H groups in total. The standard InChI is InChI=1S/C18H26N2O3/c1-13-5-6-15-14(10-13)4-3-8-20(15)17(22)12-19-9-7-18(2,23)16(21)11-19/h5-6,10,16,21,23H,3-4,7-9,11-12H2,1-2H3/t16-,18-/m1/s1. The van der Waals surface area contributed by atoms with Crippen molar-refractivity contribution in [3.63, 3.8) is 0 Å². The first kappa shape index (κ1) is 16.4. The van der Waals surface area contributed by atoms with Gasteiger partial charge in [0, 0.05) is 25.3 Å². The van der Waals surface area contributed by atoms with E-state index in [1.54, 1.807) is 6.92 Å². The van der Waals surface area contributed by atoms with Crippen LogP contribution in [0.3, 0.4) is 0 Å². The zero-order chi connectivity index (χ0) is 16.6. The average molecular weight is 318 g/mol. The van der Waals surface area contributed by atoms with Gasteiger partial charge in [0.1, 0.15) is 0 Å². The number of likely N-dealkylation sites (tertiary alicyclic amines) is 1. The molecule has 2 heterocycles. The summed E-state index contributed by atoms with van der Waals surface area (Å²) in [5.41, 5.74) is 2.44. The zero-order valence-electron chi connectivity index (χ0n) is 14.0.